The Hall–Kier alpha value is 0.525. The van der Waals surface area contributed by atoms with Gasteiger partial charge in [-0.2, -0.15) is 12.6 Å². The van der Waals surface area contributed by atoms with Crippen LogP contribution in [0.25, 0.3) is 0 Å². The fourth-order valence-electron chi connectivity index (χ4n) is 0.614. The molecular weight excluding hydrogens is 198 g/mol. The molecule has 0 saturated carbocycles. The van der Waals surface area contributed by atoms with Gasteiger partial charge in [-0.1, -0.05) is 0 Å². The lowest BCUT2D eigenvalue weighted by Gasteiger charge is -2.15. The molecule has 0 aliphatic heterocycles. The van der Waals surface area contributed by atoms with Crippen molar-refractivity contribution in [3.63, 3.8) is 0 Å². The number of thiol groups is 1. The van der Waals surface area contributed by atoms with E-state index in [1.165, 1.54) is 0 Å². The maximum atomic E-state index is 11.2. The van der Waals surface area contributed by atoms with Crippen LogP contribution in [0.1, 0.15) is 6.92 Å². The van der Waals surface area contributed by atoms with Crippen molar-refractivity contribution in [1.82, 2.24) is 0 Å². The highest BCUT2D eigenvalue weighted by Crippen LogP contribution is 2.30. The van der Waals surface area contributed by atoms with E-state index in [1.807, 2.05) is 0 Å². The molecule has 0 bridgehead atoms. The Labute approximate surface area is 79.6 Å². The van der Waals surface area contributed by atoms with Crippen LogP contribution >= 0.6 is 20.7 Å². The molecule has 0 heterocycles. The Morgan fingerprint density at radius 3 is 2.67 bits per heavy atom. The number of hydrogen-bond donors (Lipinski definition) is 1. The van der Waals surface area contributed by atoms with E-state index in [1.54, 1.807) is 14.8 Å². The molecule has 0 amide bonds. The first-order valence-corrected chi connectivity index (χ1v) is 5.79. The van der Waals surface area contributed by atoms with Crippen LogP contribution in [0.2, 0.25) is 0 Å². The molecule has 4 nitrogen and oxygen atoms in total. The molecule has 0 rings (SSSR count). The Bertz CT molecular complexity index is 131. The van der Waals surface area contributed by atoms with Crippen molar-refractivity contribution in [2.45, 2.75) is 13.0 Å². The van der Waals surface area contributed by atoms with E-state index in [-0.39, 0.29) is 5.94 Å². The molecule has 0 fully saturated rings. The third-order valence-corrected chi connectivity index (χ3v) is 2.46. The van der Waals surface area contributed by atoms with Gasteiger partial charge in [0.2, 0.25) is 14.1 Å². The van der Waals surface area contributed by atoms with Crippen LogP contribution in [-0.2, 0) is 18.6 Å². The second-order valence-corrected chi connectivity index (χ2v) is 3.49. The molecule has 2 atom stereocenters. The van der Waals surface area contributed by atoms with Gasteiger partial charge in [0.25, 0.3) is 0 Å². The lowest BCUT2D eigenvalue weighted by atomic mass is 10.2. The minimum atomic E-state index is -2.25. The number of ether oxygens (including phenoxy) is 2. The average Bonchev–Trinajstić information content (AvgIpc) is 2.04. The maximum absolute atomic E-state index is 11.2. The van der Waals surface area contributed by atoms with Crippen molar-refractivity contribution < 1.29 is 18.6 Å². The third kappa shape index (κ3) is 5.22. The van der Waals surface area contributed by atoms with Crippen LogP contribution in [0.15, 0.2) is 0 Å². The second kappa shape index (κ2) is 8.14. The Morgan fingerprint density at radius 2 is 2.25 bits per heavy atom. The van der Waals surface area contributed by atoms with Gasteiger partial charge in [-0.15, -0.1) is 0 Å². The highest BCUT2D eigenvalue weighted by Gasteiger charge is 2.16. The second-order valence-electron chi connectivity index (χ2n) is 1.84. The van der Waals surface area contributed by atoms with E-state index in [2.05, 4.69) is 12.6 Å². The van der Waals surface area contributed by atoms with Crippen LogP contribution in [0, 0.1) is 0 Å². The summed E-state index contributed by atoms with van der Waals surface area (Å²) in [5.41, 5.74) is 0. The van der Waals surface area contributed by atoms with Crippen LogP contribution in [-0.4, -0.2) is 32.9 Å². The summed E-state index contributed by atoms with van der Waals surface area (Å²) < 4.78 is 26.1. The van der Waals surface area contributed by atoms with Crippen LogP contribution in [0.5, 0.6) is 0 Å². The molecule has 0 aromatic carbocycles. The molecule has 12 heavy (non-hydrogen) atoms. The van der Waals surface area contributed by atoms with Gasteiger partial charge >= 0.3 is 0 Å². The van der Waals surface area contributed by atoms with Gasteiger partial charge in [-0.05, 0) is 6.92 Å². The molecule has 0 spiro atoms. The van der Waals surface area contributed by atoms with Crippen molar-refractivity contribution in [3.8, 4) is 0 Å². The zero-order valence-corrected chi connectivity index (χ0v) is 9.17. The topological polar surface area (TPSA) is 44.8 Å². The summed E-state index contributed by atoms with van der Waals surface area (Å²) in [6.07, 6.45) is 0. The predicted octanol–water partition coefficient (Wildman–Crippen LogP) is 0.292. The summed E-state index contributed by atoms with van der Waals surface area (Å²) in [4.78, 5) is 0. The monoisotopic (exact) mass is 212 g/mol. The van der Waals surface area contributed by atoms with Gasteiger partial charge in [0.15, 0.2) is 0 Å². The molecule has 0 radical (unpaired) electrons. The van der Waals surface area contributed by atoms with Gasteiger partial charge in [0, 0.05) is 13.1 Å². The summed E-state index contributed by atoms with van der Waals surface area (Å²) in [6, 6.07) is -0.752. The van der Waals surface area contributed by atoms with E-state index in [9.17, 15) is 4.57 Å². The molecular formula is C5H14BO4PS. The molecule has 0 aliphatic carbocycles. The summed E-state index contributed by atoms with van der Waals surface area (Å²) in [7, 11) is -0.477. The van der Waals surface area contributed by atoms with Gasteiger partial charge in [0.1, 0.15) is 7.85 Å². The Kier molecular flexibility index (Phi) is 8.49. The van der Waals surface area contributed by atoms with Gasteiger partial charge < -0.3 is 14.0 Å². The van der Waals surface area contributed by atoms with Crippen molar-refractivity contribution >= 4 is 28.5 Å². The summed E-state index contributed by atoms with van der Waals surface area (Å²) in [5, 5.41) is 0. The normalized spacial score (nSPS) is 15.8. The summed E-state index contributed by atoms with van der Waals surface area (Å²) >= 11 is 3.84. The molecule has 7 heteroatoms. The van der Waals surface area contributed by atoms with E-state index in [0.29, 0.717) is 13.1 Å². The van der Waals surface area contributed by atoms with Crippen molar-refractivity contribution in [2.24, 2.45) is 0 Å². The summed E-state index contributed by atoms with van der Waals surface area (Å²) in [5.74, 6) is 0.175. The molecule has 0 aliphatic rings. The minimum absolute atomic E-state index is 0.175. The molecule has 0 aromatic heterocycles. The van der Waals surface area contributed by atoms with Crippen LogP contribution in [0.3, 0.4) is 0 Å². The molecule has 0 N–H and O–H groups in total. The highest BCUT2D eigenvalue weighted by molar-refractivity contribution is 7.80. The maximum Gasteiger partial charge on any atom is 0.245 e. The standard InChI is InChI=1S/C5H14BO4PS/c1-2-8-5(9-4-12)11(7)10-3-6/h5,11-12H,2-4,6H2,1H3. The molecule has 0 aromatic rings. The fourth-order valence-corrected chi connectivity index (χ4v) is 1.83. The molecule has 0 saturated heterocycles. The zero-order chi connectivity index (χ0) is 9.40. The minimum Gasteiger partial charge on any atom is -0.345 e. The van der Waals surface area contributed by atoms with Crippen LogP contribution < -0.4 is 0 Å². The van der Waals surface area contributed by atoms with E-state index in [0.717, 1.165) is 0 Å². The number of hydrogen-bond acceptors (Lipinski definition) is 5. The lowest BCUT2D eigenvalue weighted by molar-refractivity contribution is -0.0725. The van der Waals surface area contributed by atoms with Gasteiger partial charge in [-0.25, -0.2) is 0 Å². The first-order valence-electron chi connectivity index (χ1n) is 3.76. The smallest absolute Gasteiger partial charge is 0.245 e. The Balaban J connectivity index is 3.81. The molecule has 72 valence electrons. The SMILES string of the molecule is BCO[PH](=O)C(OCC)OCS. The Morgan fingerprint density at radius 1 is 1.58 bits per heavy atom. The fraction of sp³-hybridized carbons (Fsp3) is 1.00. The lowest BCUT2D eigenvalue weighted by Crippen LogP contribution is -2.13. The van der Waals surface area contributed by atoms with Crippen LogP contribution in [0.4, 0.5) is 0 Å². The molecule has 2 unspecified atom stereocenters. The van der Waals surface area contributed by atoms with E-state index >= 15 is 0 Å². The van der Waals surface area contributed by atoms with E-state index < -0.39 is 14.1 Å². The van der Waals surface area contributed by atoms with Crippen molar-refractivity contribution in [3.05, 3.63) is 0 Å². The third-order valence-electron chi connectivity index (χ3n) is 1.02. The first kappa shape index (κ1) is 12.5. The zero-order valence-electron chi connectivity index (χ0n) is 7.28. The quantitative estimate of drug-likeness (QED) is 0.285. The predicted molar refractivity (Wildman–Crippen MR) is 53.8 cm³/mol. The van der Waals surface area contributed by atoms with Crippen molar-refractivity contribution in [1.29, 1.82) is 0 Å². The summed E-state index contributed by atoms with van der Waals surface area (Å²) in [6.45, 7) is 2.65. The average molecular weight is 212 g/mol. The first-order chi connectivity index (χ1) is 5.76. The highest BCUT2D eigenvalue weighted by atomic mass is 32.1. The largest absolute Gasteiger partial charge is 0.345 e. The van der Waals surface area contributed by atoms with Gasteiger partial charge in [-0.3, -0.25) is 4.57 Å². The number of rotatable bonds is 7. The van der Waals surface area contributed by atoms with E-state index in [4.69, 9.17) is 14.0 Å². The van der Waals surface area contributed by atoms with Gasteiger partial charge in [0.05, 0.1) is 5.94 Å². The van der Waals surface area contributed by atoms with Crippen molar-refractivity contribution in [2.75, 3.05) is 19.1 Å².